The molecule has 0 aromatic rings. The molecule has 2 heteroatoms. The lowest BCUT2D eigenvalue weighted by Gasteiger charge is -2.26. The Bertz CT molecular complexity index is 125. The van der Waals surface area contributed by atoms with E-state index in [0.717, 1.165) is 25.9 Å². The molecule has 2 nitrogen and oxygen atoms in total. The minimum absolute atomic E-state index is 0.220. The molecule has 2 rings (SSSR count). The molecule has 10 heavy (non-hydrogen) atoms. The molecule has 1 aliphatic carbocycles. The molecule has 0 radical (unpaired) electrons. The number of nitrogens with one attached hydrogen (secondary N) is 1. The summed E-state index contributed by atoms with van der Waals surface area (Å²) in [5.41, 5.74) is -0.220. The molecule has 1 saturated heterocycles. The van der Waals surface area contributed by atoms with Crippen LogP contribution in [0.15, 0.2) is 0 Å². The smallest absolute Gasteiger partial charge is 0.0678 e. The van der Waals surface area contributed by atoms with Crippen LogP contribution in [0.1, 0.15) is 25.7 Å². The highest BCUT2D eigenvalue weighted by Gasteiger charge is 2.47. The molecule has 2 fully saturated rings. The van der Waals surface area contributed by atoms with E-state index in [1.165, 1.54) is 12.8 Å². The van der Waals surface area contributed by atoms with Crippen LogP contribution in [0.3, 0.4) is 0 Å². The van der Waals surface area contributed by atoms with Crippen LogP contribution in [0.25, 0.3) is 0 Å². The van der Waals surface area contributed by atoms with E-state index in [-0.39, 0.29) is 5.60 Å². The van der Waals surface area contributed by atoms with Crippen molar-refractivity contribution in [1.29, 1.82) is 0 Å². The van der Waals surface area contributed by atoms with E-state index < -0.39 is 0 Å². The van der Waals surface area contributed by atoms with Gasteiger partial charge in [0.15, 0.2) is 0 Å². The molecule has 0 aromatic heterocycles. The van der Waals surface area contributed by atoms with Gasteiger partial charge in [0.2, 0.25) is 0 Å². The zero-order valence-corrected chi connectivity index (χ0v) is 6.27. The van der Waals surface area contributed by atoms with Crippen molar-refractivity contribution in [3.8, 4) is 0 Å². The Kier molecular flexibility index (Phi) is 1.46. The molecule has 0 aromatic carbocycles. The van der Waals surface area contributed by atoms with E-state index >= 15 is 0 Å². The summed E-state index contributed by atoms with van der Waals surface area (Å²) >= 11 is 0. The molecule has 2 aliphatic rings. The van der Waals surface area contributed by atoms with E-state index in [9.17, 15) is 5.11 Å². The highest BCUT2D eigenvalue weighted by atomic mass is 16.3. The van der Waals surface area contributed by atoms with E-state index in [1.54, 1.807) is 0 Å². The maximum Gasteiger partial charge on any atom is 0.0678 e. The summed E-state index contributed by atoms with van der Waals surface area (Å²) < 4.78 is 0. The third-order valence-electron chi connectivity index (χ3n) is 2.86. The Labute approximate surface area is 61.6 Å². The molecular weight excluding hydrogens is 126 g/mol. The summed E-state index contributed by atoms with van der Waals surface area (Å²) in [5, 5.41) is 13.0. The first-order valence-electron chi connectivity index (χ1n) is 4.24. The van der Waals surface area contributed by atoms with Crippen LogP contribution in [0, 0.1) is 5.92 Å². The highest BCUT2D eigenvalue weighted by Crippen LogP contribution is 2.45. The molecule has 0 unspecified atom stereocenters. The Hall–Kier alpha value is -0.0800. The van der Waals surface area contributed by atoms with Crippen LogP contribution in [0.5, 0.6) is 0 Å². The fourth-order valence-corrected chi connectivity index (χ4v) is 1.90. The fraction of sp³-hybridized carbons (Fsp3) is 1.00. The van der Waals surface area contributed by atoms with Crippen molar-refractivity contribution in [2.45, 2.75) is 31.3 Å². The first-order chi connectivity index (χ1) is 4.81. The second-order valence-corrected chi connectivity index (χ2v) is 3.63. The number of piperidine rings is 1. The van der Waals surface area contributed by atoms with Crippen LogP contribution < -0.4 is 5.32 Å². The summed E-state index contributed by atoms with van der Waals surface area (Å²) in [5.74, 6) is 0.605. The van der Waals surface area contributed by atoms with Crippen molar-refractivity contribution < 1.29 is 5.11 Å². The third-order valence-corrected chi connectivity index (χ3v) is 2.86. The zero-order valence-electron chi connectivity index (χ0n) is 6.27. The third kappa shape index (κ3) is 1.06. The average Bonchev–Trinajstić information content (AvgIpc) is 2.72. The van der Waals surface area contributed by atoms with Gasteiger partial charge in [0, 0.05) is 0 Å². The van der Waals surface area contributed by atoms with Gasteiger partial charge in [-0.1, -0.05) is 0 Å². The summed E-state index contributed by atoms with van der Waals surface area (Å²) in [7, 11) is 0. The van der Waals surface area contributed by atoms with Crippen LogP contribution in [-0.4, -0.2) is 23.8 Å². The summed E-state index contributed by atoms with van der Waals surface area (Å²) in [6.45, 7) is 2.21. The molecule has 1 heterocycles. The van der Waals surface area contributed by atoms with Crippen LogP contribution in [0.2, 0.25) is 0 Å². The second kappa shape index (κ2) is 2.21. The minimum Gasteiger partial charge on any atom is -0.390 e. The van der Waals surface area contributed by atoms with Gasteiger partial charge in [-0.2, -0.15) is 0 Å². The molecule has 2 N–H and O–H groups in total. The topological polar surface area (TPSA) is 32.3 Å². The largest absolute Gasteiger partial charge is 0.390 e. The van der Waals surface area contributed by atoms with Crippen molar-refractivity contribution in [3.05, 3.63) is 0 Å². The van der Waals surface area contributed by atoms with Gasteiger partial charge in [-0.25, -0.2) is 0 Å². The number of hydrogen-bond acceptors (Lipinski definition) is 2. The first kappa shape index (κ1) is 6.62. The summed E-state index contributed by atoms with van der Waals surface area (Å²) in [4.78, 5) is 0. The maximum atomic E-state index is 9.73. The van der Waals surface area contributed by atoms with Crippen LogP contribution in [0.4, 0.5) is 0 Å². The van der Waals surface area contributed by atoms with Gasteiger partial charge in [-0.15, -0.1) is 0 Å². The normalized spacial score (nSPS) is 32.1. The van der Waals surface area contributed by atoms with Crippen LogP contribution in [-0.2, 0) is 0 Å². The second-order valence-electron chi connectivity index (χ2n) is 3.63. The molecular formula is C8H15NO. The molecule has 0 bridgehead atoms. The van der Waals surface area contributed by atoms with Crippen molar-refractivity contribution in [2.75, 3.05) is 13.1 Å². The Morgan fingerprint density at radius 2 is 1.80 bits per heavy atom. The molecule has 58 valence electrons. The highest BCUT2D eigenvalue weighted by molar-refractivity contribution is 5.00. The van der Waals surface area contributed by atoms with Crippen molar-refractivity contribution >= 4 is 0 Å². The van der Waals surface area contributed by atoms with E-state index in [2.05, 4.69) is 5.32 Å². The molecule has 0 amide bonds. The van der Waals surface area contributed by atoms with Gasteiger partial charge in [0.1, 0.15) is 0 Å². The van der Waals surface area contributed by atoms with Gasteiger partial charge >= 0.3 is 0 Å². The molecule has 0 spiro atoms. The summed E-state index contributed by atoms with van der Waals surface area (Å²) in [6.07, 6.45) is 4.46. The standard InChI is InChI=1S/C8H15NO/c10-8(3-4-8)7-1-5-9-6-2-7/h7,9-10H,1-6H2. The minimum atomic E-state index is -0.220. The number of aliphatic hydroxyl groups is 1. The van der Waals surface area contributed by atoms with Gasteiger partial charge in [-0.3, -0.25) is 0 Å². The lowest BCUT2D eigenvalue weighted by molar-refractivity contribution is 0.0645. The van der Waals surface area contributed by atoms with Gasteiger partial charge in [0.05, 0.1) is 5.60 Å². The van der Waals surface area contributed by atoms with Crippen molar-refractivity contribution in [2.24, 2.45) is 5.92 Å². The van der Waals surface area contributed by atoms with Gasteiger partial charge in [0.25, 0.3) is 0 Å². The van der Waals surface area contributed by atoms with Crippen molar-refractivity contribution in [1.82, 2.24) is 5.32 Å². The maximum absolute atomic E-state index is 9.73. The lowest BCUT2D eigenvalue weighted by Crippen LogP contribution is -2.35. The fourth-order valence-electron chi connectivity index (χ4n) is 1.90. The van der Waals surface area contributed by atoms with Gasteiger partial charge in [-0.05, 0) is 44.7 Å². The Balaban J connectivity index is 1.91. The van der Waals surface area contributed by atoms with Gasteiger partial charge < -0.3 is 10.4 Å². The van der Waals surface area contributed by atoms with Crippen LogP contribution >= 0.6 is 0 Å². The predicted octanol–water partition coefficient (Wildman–Crippen LogP) is 0.511. The first-order valence-corrected chi connectivity index (χ1v) is 4.24. The summed E-state index contributed by atoms with van der Waals surface area (Å²) in [6, 6.07) is 0. The molecule has 1 aliphatic heterocycles. The monoisotopic (exact) mass is 141 g/mol. The Morgan fingerprint density at radius 3 is 2.30 bits per heavy atom. The quantitative estimate of drug-likeness (QED) is 0.557. The van der Waals surface area contributed by atoms with E-state index in [4.69, 9.17) is 0 Å². The van der Waals surface area contributed by atoms with E-state index in [0.29, 0.717) is 5.92 Å². The SMILES string of the molecule is OC1(C2CCNCC2)CC1. The van der Waals surface area contributed by atoms with E-state index in [1.807, 2.05) is 0 Å². The number of rotatable bonds is 1. The zero-order chi connectivity index (χ0) is 7.03. The predicted molar refractivity (Wildman–Crippen MR) is 39.8 cm³/mol. The van der Waals surface area contributed by atoms with Crippen molar-refractivity contribution in [3.63, 3.8) is 0 Å². The molecule has 0 atom stereocenters. The number of hydrogen-bond donors (Lipinski definition) is 2. The lowest BCUT2D eigenvalue weighted by atomic mass is 9.90. The molecule has 1 saturated carbocycles. The average molecular weight is 141 g/mol. The Morgan fingerprint density at radius 1 is 1.20 bits per heavy atom.